The van der Waals surface area contributed by atoms with Crippen molar-refractivity contribution in [3.63, 3.8) is 0 Å². The molecule has 0 saturated carbocycles. The van der Waals surface area contributed by atoms with E-state index in [1.165, 1.54) is 18.7 Å². The van der Waals surface area contributed by atoms with Crippen molar-refractivity contribution >= 4 is 23.5 Å². The maximum absolute atomic E-state index is 12.8. The van der Waals surface area contributed by atoms with Gasteiger partial charge in [0.15, 0.2) is 16.8 Å². The molecular formula is C26H25N5O2S. The molecule has 2 heterocycles. The monoisotopic (exact) mass is 471 g/mol. The van der Waals surface area contributed by atoms with Gasteiger partial charge in [0.1, 0.15) is 0 Å². The number of benzene rings is 2. The van der Waals surface area contributed by atoms with Crippen molar-refractivity contribution in [2.75, 3.05) is 5.75 Å². The Morgan fingerprint density at radius 3 is 2.38 bits per heavy atom. The molecule has 0 aliphatic carbocycles. The molecule has 172 valence electrons. The van der Waals surface area contributed by atoms with E-state index in [2.05, 4.69) is 20.5 Å². The summed E-state index contributed by atoms with van der Waals surface area (Å²) in [5, 5.41) is 12.2. The van der Waals surface area contributed by atoms with Crippen LogP contribution in [-0.2, 0) is 16.0 Å². The Morgan fingerprint density at radius 1 is 0.971 bits per heavy atom. The molecule has 2 aromatic heterocycles. The van der Waals surface area contributed by atoms with Crippen LogP contribution in [0.15, 0.2) is 84.3 Å². The number of aryl methyl sites for hydroxylation is 1. The van der Waals surface area contributed by atoms with E-state index in [4.69, 9.17) is 0 Å². The van der Waals surface area contributed by atoms with Gasteiger partial charge in [-0.15, -0.1) is 10.2 Å². The summed E-state index contributed by atoms with van der Waals surface area (Å²) in [6.07, 6.45) is 3.88. The highest BCUT2D eigenvalue weighted by Gasteiger charge is 2.21. The van der Waals surface area contributed by atoms with Crippen molar-refractivity contribution in [1.82, 2.24) is 25.1 Å². The van der Waals surface area contributed by atoms with Crippen LogP contribution in [0.5, 0.6) is 0 Å². The number of Topliss-reactive ketones (excluding diaryl/α,β-unsaturated/α-hetero) is 1. The lowest BCUT2D eigenvalue weighted by Crippen LogP contribution is -2.42. The lowest BCUT2D eigenvalue weighted by atomic mass is 10.0. The first-order valence-electron chi connectivity index (χ1n) is 10.9. The SMILES string of the molecule is CC(=O)[C@H](Cc1ccccc1)NC(=O)CSc1nnc(-c2ccncc2)n1-c1ccccc1C. The molecule has 1 N–H and O–H groups in total. The Morgan fingerprint density at radius 2 is 1.68 bits per heavy atom. The van der Waals surface area contributed by atoms with Crippen molar-refractivity contribution in [2.24, 2.45) is 0 Å². The number of hydrogen-bond donors (Lipinski definition) is 1. The molecule has 7 nitrogen and oxygen atoms in total. The van der Waals surface area contributed by atoms with Crippen molar-refractivity contribution in [2.45, 2.75) is 31.5 Å². The summed E-state index contributed by atoms with van der Waals surface area (Å²) in [6.45, 7) is 3.52. The van der Waals surface area contributed by atoms with Crippen LogP contribution in [0.25, 0.3) is 17.1 Å². The standard InChI is InChI=1S/C26H25N5O2S/c1-18-8-6-7-11-23(18)31-25(21-12-14-27-15-13-21)29-30-26(31)34-17-24(33)28-22(19(2)32)16-20-9-4-3-5-10-20/h3-15,22H,16-17H2,1-2H3,(H,28,33)/t22-/m0/s1. The van der Waals surface area contributed by atoms with E-state index in [1.807, 2.05) is 78.2 Å². The molecule has 1 atom stereocenters. The molecule has 4 aromatic rings. The van der Waals surface area contributed by atoms with Crippen LogP contribution in [0.4, 0.5) is 0 Å². The molecule has 34 heavy (non-hydrogen) atoms. The van der Waals surface area contributed by atoms with Crippen molar-refractivity contribution in [3.05, 3.63) is 90.3 Å². The lowest BCUT2D eigenvalue weighted by molar-refractivity contribution is -0.125. The van der Waals surface area contributed by atoms with E-state index >= 15 is 0 Å². The molecule has 0 fully saturated rings. The summed E-state index contributed by atoms with van der Waals surface area (Å²) < 4.78 is 1.95. The molecule has 0 unspecified atom stereocenters. The van der Waals surface area contributed by atoms with E-state index in [0.717, 1.165) is 22.4 Å². The zero-order chi connectivity index (χ0) is 23.9. The fourth-order valence-corrected chi connectivity index (χ4v) is 4.35. The number of thioether (sulfide) groups is 1. The van der Waals surface area contributed by atoms with Gasteiger partial charge in [-0.2, -0.15) is 0 Å². The van der Waals surface area contributed by atoms with Crippen LogP contribution in [-0.4, -0.2) is 43.2 Å². The summed E-state index contributed by atoms with van der Waals surface area (Å²) in [7, 11) is 0. The van der Waals surface area contributed by atoms with E-state index in [1.54, 1.807) is 12.4 Å². The highest BCUT2D eigenvalue weighted by molar-refractivity contribution is 7.99. The Bertz CT molecular complexity index is 1270. The van der Waals surface area contributed by atoms with Gasteiger partial charge in [0.2, 0.25) is 5.91 Å². The predicted octanol–water partition coefficient (Wildman–Crippen LogP) is 4.05. The number of hydrogen-bond acceptors (Lipinski definition) is 6. The fraction of sp³-hybridized carbons (Fsp3) is 0.192. The van der Waals surface area contributed by atoms with Gasteiger partial charge in [-0.1, -0.05) is 60.3 Å². The molecule has 4 rings (SSSR count). The summed E-state index contributed by atoms with van der Waals surface area (Å²) in [4.78, 5) is 29.0. The summed E-state index contributed by atoms with van der Waals surface area (Å²) in [5.41, 5.74) is 3.87. The maximum Gasteiger partial charge on any atom is 0.231 e. The number of rotatable bonds is 9. The van der Waals surface area contributed by atoms with E-state index < -0.39 is 6.04 Å². The summed E-state index contributed by atoms with van der Waals surface area (Å²) in [5.74, 6) is 0.473. The minimum Gasteiger partial charge on any atom is -0.345 e. The summed E-state index contributed by atoms with van der Waals surface area (Å²) >= 11 is 1.28. The largest absolute Gasteiger partial charge is 0.345 e. The van der Waals surface area contributed by atoms with Crippen LogP contribution in [0.1, 0.15) is 18.1 Å². The van der Waals surface area contributed by atoms with Crippen LogP contribution >= 0.6 is 11.8 Å². The Kier molecular flexibility index (Phi) is 7.49. The molecular weight excluding hydrogens is 446 g/mol. The van der Waals surface area contributed by atoms with Gasteiger partial charge < -0.3 is 5.32 Å². The average Bonchev–Trinajstić information content (AvgIpc) is 3.27. The molecule has 0 bridgehead atoms. The van der Waals surface area contributed by atoms with Crippen LogP contribution < -0.4 is 5.32 Å². The van der Waals surface area contributed by atoms with Crippen molar-refractivity contribution in [3.8, 4) is 17.1 Å². The Labute approximate surface area is 202 Å². The van der Waals surface area contributed by atoms with Crippen LogP contribution in [0, 0.1) is 6.92 Å². The molecule has 0 radical (unpaired) electrons. The summed E-state index contributed by atoms with van der Waals surface area (Å²) in [6, 6.07) is 20.8. The van der Waals surface area contributed by atoms with Gasteiger partial charge in [0, 0.05) is 18.0 Å². The van der Waals surface area contributed by atoms with Crippen molar-refractivity contribution in [1.29, 1.82) is 0 Å². The highest BCUT2D eigenvalue weighted by atomic mass is 32.2. The number of amides is 1. The number of pyridine rings is 1. The van der Waals surface area contributed by atoms with Gasteiger partial charge in [0.05, 0.1) is 17.5 Å². The average molecular weight is 472 g/mol. The molecule has 2 aromatic carbocycles. The fourth-order valence-electron chi connectivity index (χ4n) is 3.60. The second kappa shape index (κ2) is 10.9. The highest BCUT2D eigenvalue weighted by Crippen LogP contribution is 2.29. The predicted molar refractivity (Wildman–Crippen MR) is 133 cm³/mol. The van der Waals surface area contributed by atoms with E-state index in [-0.39, 0.29) is 17.4 Å². The van der Waals surface area contributed by atoms with Crippen molar-refractivity contribution < 1.29 is 9.59 Å². The number of nitrogens with zero attached hydrogens (tertiary/aromatic N) is 4. The van der Waals surface area contributed by atoms with Gasteiger partial charge >= 0.3 is 0 Å². The van der Waals surface area contributed by atoms with Crippen LogP contribution in [0.3, 0.4) is 0 Å². The molecule has 8 heteroatoms. The number of para-hydroxylation sites is 1. The second-order valence-corrected chi connectivity index (χ2v) is 8.82. The number of aromatic nitrogens is 4. The molecule has 0 spiro atoms. The smallest absolute Gasteiger partial charge is 0.231 e. The molecule has 0 aliphatic rings. The topological polar surface area (TPSA) is 89.8 Å². The number of ketones is 1. The molecule has 0 aliphatic heterocycles. The minimum absolute atomic E-state index is 0.0785. The third-order valence-corrected chi connectivity index (χ3v) is 6.30. The normalized spacial score (nSPS) is 11.7. The van der Waals surface area contributed by atoms with E-state index in [0.29, 0.717) is 17.4 Å². The van der Waals surface area contributed by atoms with Gasteiger partial charge in [-0.25, -0.2) is 0 Å². The molecule has 0 saturated heterocycles. The number of nitrogens with one attached hydrogen (secondary N) is 1. The lowest BCUT2D eigenvalue weighted by Gasteiger charge is -2.16. The molecule has 1 amide bonds. The Balaban J connectivity index is 1.53. The maximum atomic E-state index is 12.8. The third-order valence-electron chi connectivity index (χ3n) is 5.37. The van der Waals surface area contributed by atoms with Gasteiger partial charge in [0.25, 0.3) is 0 Å². The van der Waals surface area contributed by atoms with Gasteiger partial charge in [-0.05, 0) is 49.6 Å². The van der Waals surface area contributed by atoms with E-state index in [9.17, 15) is 9.59 Å². The zero-order valence-electron chi connectivity index (χ0n) is 19.0. The van der Waals surface area contributed by atoms with Crippen LogP contribution in [0.2, 0.25) is 0 Å². The second-order valence-electron chi connectivity index (χ2n) is 7.87. The first kappa shape index (κ1) is 23.4. The minimum atomic E-state index is -0.572. The zero-order valence-corrected chi connectivity index (χ0v) is 19.8. The Hall–Kier alpha value is -3.78. The first-order chi connectivity index (χ1) is 16.5. The quantitative estimate of drug-likeness (QED) is 0.371. The van der Waals surface area contributed by atoms with Gasteiger partial charge in [-0.3, -0.25) is 19.1 Å². The first-order valence-corrected chi connectivity index (χ1v) is 11.9. The number of carbonyl (C=O) groups is 2. The third kappa shape index (κ3) is 5.58. The number of carbonyl (C=O) groups excluding carboxylic acids is 2.